The van der Waals surface area contributed by atoms with Crippen molar-refractivity contribution in [2.45, 2.75) is 20.3 Å². The summed E-state index contributed by atoms with van der Waals surface area (Å²) >= 11 is 0. The molecule has 0 spiro atoms. The first kappa shape index (κ1) is 9.96. The topological polar surface area (TPSA) is 0 Å². The van der Waals surface area contributed by atoms with Crippen molar-refractivity contribution in [1.29, 1.82) is 0 Å². The molecule has 0 aromatic heterocycles. The van der Waals surface area contributed by atoms with E-state index in [1.165, 1.54) is 0 Å². The molecule has 60 valence electrons. The summed E-state index contributed by atoms with van der Waals surface area (Å²) in [5.74, 6) is 0. The standard InChI is InChI=1S/2C5H6.CH4/c2*1-2-4-5-3-1;/h2*1-4H,5H2;1H4. The first-order valence-electron chi connectivity index (χ1n) is 3.63. The molecule has 0 nitrogen and oxygen atoms in total. The van der Waals surface area contributed by atoms with E-state index in [9.17, 15) is 0 Å². The van der Waals surface area contributed by atoms with E-state index in [0.717, 1.165) is 12.8 Å². The van der Waals surface area contributed by atoms with E-state index in [-0.39, 0.29) is 7.43 Å². The highest BCUT2D eigenvalue weighted by atomic mass is 13.8. The molecule has 11 heavy (non-hydrogen) atoms. The molecule has 2 aliphatic rings. The minimum absolute atomic E-state index is 0. The molecule has 0 unspecified atom stereocenters. The van der Waals surface area contributed by atoms with Crippen molar-refractivity contribution in [3.05, 3.63) is 48.6 Å². The molecule has 0 radical (unpaired) electrons. The predicted molar refractivity (Wildman–Crippen MR) is 52.5 cm³/mol. The molecular formula is C11H16. The fraction of sp³-hybridized carbons (Fsp3) is 0.273. The second-order valence-electron chi connectivity index (χ2n) is 2.18. The Hall–Kier alpha value is -1.04. The lowest BCUT2D eigenvalue weighted by molar-refractivity contribution is 1.45. The SMILES string of the molecule is C.C1=CCC=C1.C1=CCC=C1. The molecule has 0 saturated carbocycles. The van der Waals surface area contributed by atoms with Crippen LogP contribution in [0.5, 0.6) is 0 Å². The second-order valence-corrected chi connectivity index (χ2v) is 2.18. The van der Waals surface area contributed by atoms with Gasteiger partial charge in [-0.25, -0.2) is 0 Å². The fourth-order valence-corrected chi connectivity index (χ4v) is 0.786. The zero-order valence-electron chi connectivity index (χ0n) is 6.03. The Morgan fingerprint density at radius 1 is 0.545 bits per heavy atom. The minimum atomic E-state index is 0. The van der Waals surface area contributed by atoms with E-state index < -0.39 is 0 Å². The first-order chi connectivity index (χ1) is 5.00. The summed E-state index contributed by atoms with van der Waals surface area (Å²) in [6, 6.07) is 0. The molecule has 0 amide bonds. The van der Waals surface area contributed by atoms with Crippen molar-refractivity contribution in [1.82, 2.24) is 0 Å². The minimum Gasteiger partial charge on any atom is -0.0808 e. The molecule has 0 aliphatic heterocycles. The average Bonchev–Trinajstić information content (AvgIpc) is 2.67. The van der Waals surface area contributed by atoms with Crippen LogP contribution in [0.3, 0.4) is 0 Å². The van der Waals surface area contributed by atoms with Crippen molar-refractivity contribution >= 4 is 0 Å². The summed E-state index contributed by atoms with van der Waals surface area (Å²) in [5, 5.41) is 0. The molecule has 0 aromatic carbocycles. The number of hydrogen-bond acceptors (Lipinski definition) is 0. The summed E-state index contributed by atoms with van der Waals surface area (Å²) in [7, 11) is 0. The van der Waals surface area contributed by atoms with Crippen molar-refractivity contribution in [2.75, 3.05) is 0 Å². The molecule has 0 heteroatoms. The quantitative estimate of drug-likeness (QED) is 0.492. The Morgan fingerprint density at radius 2 is 0.818 bits per heavy atom. The third kappa shape index (κ3) is 5.41. The molecule has 0 fully saturated rings. The van der Waals surface area contributed by atoms with Crippen LogP contribution in [0.4, 0.5) is 0 Å². The molecule has 2 rings (SSSR count). The summed E-state index contributed by atoms with van der Waals surface area (Å²) < 4.78 is 0. The maximum Gasteiger partial charge on any atom is -0.0163 e. The molecule has 0 N–H and O–H groups in total. The predicted octanol–water partition coefficient (Wildman–Crippen LogP) is 3.64. The van der Waals surface area contributed by atoms with Crippen molar-refractivity contribution < 1.29 is 0 Å². The largest absolute Gasteiger partial charge is 0.0808 e. The number of rotatable bonds is 0. The van der Waals surface area contributed by atoms with Crippen molar-refractivity contribution in [3.63, 3.8) is 0 Å². The first-order valence-corrected chi connectivity index (χ1v) is 3.63. The van der Waals surface area contributed by atoms with Gasteiger partial charge in [-0.3, -0.25) is 0 Å². The van der Waals surface area contributed by atoms with Gasteiger partial charge in [-0.15, -0.1) is 0 Å². The Bertz CT molecular complexity index is 138. The van der Waals surface area contributed by atoms with Crippen LogP contribution in [-0.4, -0.2) is 0 Å². The van der Waals surface area contributed by atoms with Crippen LogP contribution in [0.1, 0.15) is 20.3 Å². The van der Waals surface area contributed by atoms with Gasteiger partial charge in [0, 0.05) is 0 Å². The van der Waals surface area contributed by atoms with Crippen molar-refractivity contribution in [2.24, 2.45) is 0 Å². The molecule has 0 saturated heterocycles. The van der Waals surface area contributed by atoms with Gasteiger partial charge in [0.1, 0.15) is 0 Å². The van der Waals surface area contributed by atoms with E-state index in [2.05, 4.69) is 48.6 Å². The molecule has 0 aromatic rings. The Labute approximate surface area is 69.6 Å². The second kappa shape index (κ2) is 7.07. The maximum absolute atomic E-state index is 2.12. The van der Waals surface area contributed by atoms with Gasteiger partial charge in [0.05, 0.1) is 0 Å². The highest BCUT2D eigenvalue weighted by Gasteiger charge is 1.72. The van der Waals surface area contributed by atoms with Gasteiger partial charge in [0.25, 0.3) is 0 Å². The third-order valence-corrected chi connectivity index (χ3v) is 1.31. The van der Waals surface area contributed by atoms with Crippen LogP contribution in [0, 0.1) is 0 Å². The zero-order valence-corrected chi connectivity index (χ0v) is 6.03. The van der Waals surface area contributed by atoms with Crippen LogP contribution in [0.2, 0.25) is 0 Å². The Kier molecular flexibility index (Phi) is 6.40. The summed E-state index contributed by atoms with van der Waals surface area (Å²) in [6.45, 7) is 0. The molecule has 0 atom stereocenters. The normalized spacial score (nSPS) is 16.0. The number of allylic oxidation sites excluding steroid dienone is 8. The van der Waals surface area contributed by atoms with Gasteiger partial charge in [-0.2, -0.15) is 0 Å². The van der Waals surface area contributed by atoms with E-state index in [0.29, 0.717) is 0 Å². The summed E-state index contributed by atoms with van der Waals surface area (Å²) in [5.41, 5.74) is 0. The van der Waals surface area contributed by atoms with E-state index in [4.69, 9.17) is 0 Å². The number of hydrogen-bond donors (Lipinski definition) is 0. The van der Waals surface area contributed by atoms with E-state index >= 15 is 0 Å². The molecular weight excluding hydrogens is 132 g/mol. The van der Waals surface area contributed by atoms with Crippen LogP contribution in [-0.2, 0) is 0 Å². The van der Waals surface area contributed by atoms with Crippen LogP contribution in [0.15, 0.2) is 48.6 Å². The van der Waals surface area contributed by atoms with E-state index in [1.54, 1.807) is 0 Å². The monoisotopic (exact) mass is 148 g/mol. The van der Waals surface area contributed by atoms with Crippen LogP contribution < -0.4 is 0 Å². The van der Waals surface area contributed by atoms with Crippen LogP contribution in [0.25, 0.3) is 0 Å². The lowest BCUT2D eigenvalue weighted by atomic mass is 10.5. The highest BCUT2D eigenvalue weighted by Crippen LogP contribution is 1.93. The van der Waals surface area contributed by atoms with Gasteiger partial charge in [-0.05, 0) is 12.8 Å². The molecule has 0 bridgehead atoms. The summed E-state index contributed by atoms with van der Waals surface area (Å²) in [6.07, 6.45) is 19.0. The molecule has 0 heterocycles. The molecule has 2 aliphatic carbocycles. The average molecular weight is 148 g/mol. The maximum atomic E-state index is 2.12. The van der Waals surface area contributed by atoms with Gasteiger partial charge in [0.15, 0.2) is 0 Å². The zero-order chi connectivity index (χ0) is 7.07. The van der Waals surface area contributed by atoms with Crippen LogP contribution >= 0.6 is 0 Å². The Balaban J connectivity index is 0.000000167. The Morgan fingerprint density at radius 3 is 0.909 bits per heavy atom. The van der Waals surface area contributed by atoms with Gasteiger partial charge in [0.2, 0.25) is 0 Å². The van der Waals surface area contributed by atoms with Gasteiger partial charge in [-0.1, -0.05) is 56.0 Å². The highest BCUT2D eigenvalue weighted by molar-refractivity contribution is 5.12. The van der Waals surface area contributed by atoms with Crippen molar-refractivity contribution in [3.8, 4) is 0 Å². The third-order valence-electron chi connectivity index (χ3n) is 1.31. The summed E-state index contributed by atoms with van der Waals surface area (Å²) in [4.78, 5) is 0. The van der Waals surface area contributed by atoms with Gasteiger partial charge >= 0.3 is 0 Å². The fourth-order valence-electron chi connectivity index (χ4n) is 0.786. The lowest BCUT2D eigenvalue weighted by Crippen LogP contribution is -1.37. The van der Waals surface area contributed by atoms with E-state index in [1.807, 2.05) is 0 Å². The lowest BCUT2D eigenvalue weighted by Gasteiger charge is -1.57. The smallest absolute Gasteiger partial charge is 0.0163 e. The van der Waals surface area contributed by atoms with Gasteiger partial charge < -0.3 is 0 Å².